The lowest BCUT2D eigenvalue weighted by Crippen LogP contribution is -2.19. The van der Waals surface area contributed by atoms with Gasteiger partial charge in [0.2, 0.25) is 17.7 Å². The largest absolute Gasteiger partial charge is 0.477 e. The maximum absolute atomic E-state index is 10.8. The van der Waals surface area contributed by atoms with Gasteiger partial charge in [-0.3, -0.25) is 4.79 Å². The molecule has 0 bridgehead atoms. The summed E-state index contributed by atoms with van der Waals surface area (Å²) < 4.78 is 11.4. The van der Waals surface area contributed by atoms with Crippen LogP contribution in [0.5, 0.6) is 17.5 Å². The minimum atomic E-state index is -0.0515. The maximum atomic E-state index is 10.8. The monoisotopic (exact) mass is 339 g/mol. The van der Waals surface area contributed by atoms with Crippen LogP contribution < -0.4 is 14.8 Å². The van der Waals surface area contributed by atoms with Crippen molar-refractivity contribution in [3.8, 4) is 17.5 Å². The van der Waals surface area contributed by atoms with Crippen LogP contribution in [0.1, 0.15) is 25.3 Å². The molecule has 2 heterocycles. The summed E-state index contributed by atoms with van der Waals surface area (Å²) in [4.78, 5) is 19.3. The number of carbonyl (C=O) groups excluding carboxylic acids is 1. The second-order valence-corrected chi connectivity index (χ2v) is 5.96. The average Bonchev–Trinajstić information content (AvgIpc) is 3.43. The highest BCUT2D eigenvalue weighted by molar-refractivity contribution is 5.73. The second kappa shape index (κ2) is 8.28. The summed E-state index contributed by atoms with van der Waals surface area (Å²) in [6.07, 6.45) is 9.62. The summed E-state index contributed by atoms with van der Waals surface area (Å²) >= 11 is 0. The van der Waals surface area contributed by atoms with Crippen molar-refractivity contribution in [2.45, 2.75) is 19.8 Å². The van der Waals surface area contributed by atoms with E-state index in [9.17, 15) is 4.79 Å². The molecular formula is C19H21N3O3. The van der Waals surface area contributed by atoms with E-state index in [2.05, 4.69) is 15.3 Å². The molecule has 130 valence electrons. The van der Waals surface area contributed by atoms with Gasteiger partial charge in [0.15, 0.2) is 0 Å². The molecule has 0 spiro atoms. The van der Waals surface area contributed by atoms with E-state index in [1.807, 2.05) is 18.2 Å². The smallest absolute Gasteiger partial charge is 0.219 e. The van der Waals surface area contributed by atoms with Crippen molar-refractivity contribution in [3.05, 3.63) is 48.3 Å². The van der Waals surface area contributed by atoms with Crippen LogP contribution in [0.4, 0.5) is 0 Å². The minimum Gasteiger partial charge on any atom is -0.477 e. The van der Waals surface area contributed by atoms with Crippen molar-refractivity contribution in [2.75, 3.05) is 13.2 Å². The number of hydrogen-bond donors (Lipinski definition) is 1. The first-order valence-corrected chi connectivity index (χ1v) is 8.33. The molecule has 0 atom stereocenters. The van der Waals surface area contributed by atoms with Crippen LogP contribution in [0.15, 0.2) is 42.7 Å². The molecule has 6 heteroatoms. The Bertz CT molecular complexity index is 740. The molecule has 6 nitrogen and oxygen atoms in total. The van der Waals surface area contributed by atoms with E-state index < -0.39 is 0 Å². The van der Waals surface area contributed by atoms with Gasteiger partial charge in [-0.1, -0.05) is 12.2 Å². The SMILES string of the molecule is CC(=O)NC/C=C/c1ccc(Oc2ccnc(OCC3CC3)c2)nc1. The molecule has 0 aromatic carbocycles. The number of rotatable bonds is 8. The number of nitrogens with zero attached hydrogens (tertiary/aromatic N) is 2. The third-order valence-corrected chi connectivity index (χ3v) is 3.63. The van der Waals surface area contributed by atoms with Crippen molar-refractivity contribution in [1.29, 1.82) is 0 Å². The number of amides is 1. The Kier molecular flexibility index (Phi) is 5.61. The molecule has 1 amide bonds. The topological polar surface area (TPSA) is 73.3 Å². The molecule has 1 saturated carbocycles. The summed E-state index contributed by atoms with van der Waals surface area (Å²) in [7, 11) is 0. The average molecular weight is 339 g/mol. The van der Waals surface area contributed by atoms with Gasteiger partial charge in [-0.2, -0.15) is 0 Å². The number of carbonyl (C=O) groups is 1. The van der Waals surface area contributed by atoms with Crippen molar-refractivity contribution < 1.29 is 14.3 Å². The lowest BCUT2D eigenvalue weighted by molar-refractivity contribution is -0.118. The van der Waals surface area contributed by atoms with Gasteiger partial charge in [-0.15, -0.1) is 0 Å². The minimum absolute atomic E-state index is 0.0515. The molecule has 2 aromatic rings. The van der Waals surface area contributed by atoms with Gasteiger partial charge in [0, 0.05) is 38.0 Å². The lowest BCUT2D eigenvalue weighted by atomic mass is 10.2. The lowest BCUT2D eigenvalue weighted by Gasteiger charge is -2.07. The molecular weight excluding hydrogens is 318 g/mol. The van der Waals surface area contributed by atoms with Gasteiger partial charge < -0.3 is 14.8 Å². The number of aromatic nitrogens is 2. The van der Waals surface area contributed by atoms with Gasteiger partial charge in [0.05, 0.1) is 6.61 Å². The zero-order valence-electron chi connectivity index (χ0n) is 14.1. The van der Waals surface area contributed by atoms with Gasteiger partial charge in [-0.25, -0.2) is 9.97 Å². The summed E-state index contributed by atoms with van der Waals surface area (Å²) in [5, 5.41) is 2.70. The van der Waals surface area contributed by atoms with Gasteiger partial charge in [0.1, 0.15) is 5.75 Å². The van der Waals surface area contributed by atoms with Crippen LogP contribution in [0.25, 0.3) is 6.08 Å². The highest BCUT2D eigenvalue weighted by atomic mass is 16.5. The number of nitrogens with one attached hydrogen (secondary N) is 1. The van der Waals surface area contributed by atoms with Crippen LogP contribution in [0.3, 0.4) is 0 Å². The summed E-state index contributed by atoms with van der Waals surface area (Å²) in [6, 6.07) is 7.24. The van der Waals surface area contributed by atoms with Crippen molar-refractivity contribution in [2.24, 2.45) is 5.92 Å². The Labute approximate surface area is 146 Å². The predicted octanol–water partition coefficient (Wildman–Crippen LogP) is 3.21. The summed E-state index contributed by atoms with van der Waals surface area (Å²) in [5.74, 6) is 2.34. The Balaban J connectivity index is 1.53. The van der Waals surface area contributed by atoms with Crippen LogP contribution in [-0.4, -0.2) is 29.0 Å². The second-order valence-electron chi connectivity index (χ2n) is 5.96. The van der Waals surface area contributed by atoms with E-state index in [1.54, 1.807) is 30.6 Å². The fourth-order valence-electron chi connectivity index (χ4n) is 2.09. The Morgan fingerprint density at radius 1 is 1.28 bits per heavy atom. The molecule has 3 rings (SSSR count). The molecule has 1 aliphatic carbocycles. The van der Waals surface area contributed by atoms with Gasteiger partial charge >= 0.3 is 0 Å². The van der Waals surface area contributed by atoms with E-state index in [0.29, 0.717) is 36.6 Å². The van der Waals surface area contributed by atoms with E-state index in [4.69, 9.17) is 9.47 Å². The molecule has 25 heavy (non-hydrogen) atoms. The molecule has 0 radical (unpaired) electrons. The maximum Gasteiger partial charge on any atom is 0.219 e. The molecule has 1 N–H and O–H groups in total. The quantitative estimate of drug-likeness (QED) is 0.799. The number of pyridine rings is 2. The zero-order chi connectivity index (χ0) is 17.5. The number of hydrogen-bond acceptors (Lipinski definition) is 5. The highest BCUT2D eigenvalue weighted by Crippen LogP contribution is 2.30. The van der Waals surface area contributed by atoms with Crippen molar-refractivity contribution in [3.63, 3.8) is 0 Å². The molecule has 0 aliphatic heterocycles. The predicted molar refractivity (Wildman–Crippen MR) is 94.5 cm³/mol. The molecule has 1 fully saturated rings. The summed E-state index contributed by atoms with van der Waals surface area (Å²) in [5.41, 5.74) is 0.931. The molecule has 1 aliphatic rings. The number of ether oxygens (including phenoxy) is 2. The highest BCUT2D eigenvalue weighted by Gasteiger charge is 2.22. The van der Waals surface area contributed by atoms with Crippen molar-refractivity contribution in [1.82, 2.24) is 15.3 Å². The molecule has 2 aromatic heterocycles. The van der Waals surface area contributed by atoms with Gasteiger partial charge in [-0.05, 0) is 36.5 Å². The van der Waals surface area contributed by atoms with Crippen LogP contribution in [0, 0.1) is 5.92 Å². The fourth-order valence-corrected chi connectivity index (χ4v) is 2.09. The zero-order valence-corrected chi connectivity index (χ0v) is 14.1. The summed E-state index contributed by atoms with van der Waals surface area (Å²) in [6.45, 7) is 2.70. The van der Waals surface area contributed by atoms with E-state index in [0.717, 1.165) is 5.56 Å². The Morgan fingerprint density at radius 3 is 2.88 bits per heavy atom. The van der Waals surface area contributed by atoms with Crippen molar-refractivity contribution >= 4 is 12.0 Å². The third-order valence-electron chi connectivity index (χ3n) is 3.63. The van der Waals surface area contributed by atoms with Crippen LogP contribution in [-0.2, 0) is 4.79 Å². The molecule has 0 unspecified atom stereocenters. The van der Waals surface area contributed by atoms with E-state index >= 15 is 0 Å². The Morgan fingerprint density at radius 2 is 2.16 bits per heavy atom. The van der Waals surface area contributed by atoms with Crippen LogP contribution in [0.2, 0.25) is 0 Å². The first-order chi connectivity index (χ1) is 12.2. The first-order valence-electron chi connectivity index (χ1n) is 8.33. The van der Waals surface area contributed by atoms with E-state index in [1.165, 1.54) is 19.8 Å². The first kappa shape index (κ1) is 17.0. The Hall–Kier alpha value is -2.89. The van der Waals surface area contributed by atoms with Gasteiger partial charge in [0.25, 0.3) is 0 Å². The third kappa shape index (κ3) is 5.91. The normalized spacial score (nSPS) is 13.6. The van der Waals surface area contributed by atoms with Crippen LogP contribution >= 0.6 is 0 Å². The molecule has 0 saturated heterocycles. The van der Waals surface area contributed by atoms with E-state index in [-0.39, 0.29) is 5.91 Å². The standard InChI is InChI=1S/C19H21N3O3/c1-14(23)20-9-2-3-15-6-7-18(22-12-15)25-17-8-10-21-19(11-17)24-13-16-4-5-16/h2-3,6-8,10-12,16H,4-5,9,13H2,1H3,(H,20,23)/b3-2+. The fraction of sp³-hybridized carbons (Fsp3) is 0.316.